The number of aromatic nitrogens is 1. The van der Waals surface area contributed by atoms with E-state index in [0.717, 1.165) is 26.1 Å². The van der Waals surface area contributed by atoms with Gasteiger partial charge in [0.2, 0.25) is 0 Å². The van der Waals surface area contributed by atoms with Gasteiger partial charge in [0.05, 0.1) is 30.6 Å². The molecule has 1 atom stereocenters. The number of amides is 4. The van der Waals surface area contributed by atoms with E-state index >= 15 is 0 Å². The summed E-state index contributed by atoms with van der Waals surface area (Å²) in [5, 5.41) is 11.1. The number of hydrogen-bond donors (Lipinski definition) is 4. The van der Waals surface area contributed by atoms with Crippen molar-refractivity contribution in [1.29, 1.82) is 0 Å². The topological polar surface area (TPSA) is 134 Å². The van der Waals surface area contributed by atoms with E-state index in [-0.39, 0.29) is 5.69 Å². The van der Waals surface area contributed by atoms with Gasteiger partial charge in [0, 0.05) is 25.0 Å². The van der Waals surface area contributed by atoms with E-state index in [1.165, 1.54) is 6.07 Å². The molecule has 2 aromatic carbocycles. The van der Waals surface area contributed by atoms with Gasteiger partial charge >= 0.3 is 12.1 Å². The molecule has 4 N–H and O–H groups in total. The molecular formula is C33H41FN6O5. The van der Waals surface area contributed by atoms with Gasteiger partial charge in [0.1, 0.15) is 17.1 Å². The van der Waals surface area contributed by atoms with Crippen molar-refractivity contribution < 1.29 is 28.2 Å². The summed E-state index contributed by atoms with van der Waals surface area (Å²) in [6.45, 7) is 10.9. The molecule has 0 radical (unpaired) electrons. The average molecular weight is 621 g/mol. The van der Waals surface area contributed by atoms with Crippen LogP contribution in [0.15, 0.2) is 60.8 Å². The maximum atomic E-state index is 14.0. The number of aryl methyl sites for hydroxylation is 1. The SMILES string of the molecule is Cc1ccc(NC(=O)NC(CCCN2CCOCC2)c2ccc(C(=O)Nc3ccccc3NC(=O)OC(C)(C)C)nc2)cc1F. The predicted octanol–water partition coefficient (Wildman–Crippen LogP) is 6.10. The summed E-state index contributed by atoms with van der Waals surface area (Å²) in [5.41, 5.74) is 1.77. The van der Waals surface area contributed by atoms with Crippen molar-refractivity contribution in [2.75, 3.05) is 48.8 Å². The van der Waals surface area contributed by atoms with Crippen LogP contribution < -0.4 is 21.3 Å². The number of ether oxygens (including phenoxy) is 2. The highest BCUT2D eigenvalue weighted by atomic mass is 19.1. The average Bonchev–Trinajstić information content (AvgIpc) is 2.99. The van der Waals surface area contributed by atoms with Crippen molar-refractivity contribution >= 4 is 35.1 Å². The van der Waals surface area contributed by atoms with Crippen molar-refractivity contribution in [3.05, 3.63) is 83.4 Å². The Balaban J connectivity index is 1.43. The van der Waals surface area contributed by atoms with Crippen LogP contribution in [0.2, 0.25) is 0 Å². The molecule has 45 heavy (non-hydrogen) atoms. The summed E-state index contributed by atoms with van der Waals surface area (Å²) in [4.78, 5) is 45.0. The molecule has 240 valence electrons. The van der Waals surface area contributed by atoms with Crippen LogP contribution in [0.5, 0.6) is 0 Å². The Hall–Kier alpha value is -4.55. The van der Waals surface area contributed by atoms with Gasteiger partial charge in [-0.1, -0.05) is 24.3 Å². The van der Waals surface area contributed by atoms with E-state index in [1.54, 1.807) is 82.4 Å². The largest absolute Gasteiger partial charge is 0.444 e. The molecule has 0 saturated carbocycles. The molecule has 1 aliphatic heterocycles. The van der Waals surface area contributed by atoms with Gasteiger partial charge in [-0.25, -0.2) is 14.0 Å². The van der Waals surface area contributed by atoms with E-state index in [9.17, 15) is 18.8 Å². The fourth-order valence-corrected chi connectivity index (χ4v) is 4.71. The minimum atomic E-state index is -0.678. The Kier molecular flexibility index (Phi) is 11.4. The van der Waals surface area contributed by atoms with Crippen molar-refractivity contribution in [2.24, 2.45) is 0 Å². The first-order valence-corrected chi connectivity index (χ1v) is 15.0. The summed E-state index contributed by atoms with van der Waals surface area (Å²) in [5.74, 6) is -0.882. The molecule has 4 rings (SSSR count). The van der Waals surface area contributed by atoms with E-state index < -0.39 is 35.5 Å². The quantitative estimate of drug-likeness (QED) is 0.215. The molecule has 1 saturated heterocycles. The Morgan fingerprint density at radius 3 is 2.36 bits per heavy atom. The molecule has 1 unspecified atom stereocenters. The molecule has 4 amide bonds. The fraction of sp³-hybridized carbons (Fsp3) is 0.394. The summed E-state index contributed by atoms with van der Waals surface area (Å²) in [7, 11) is 0. The number of rotatable bonds is 10. The van der Waals surface area contributed by atoms with Gasteiger partial charge in [-0.2, -0.15) is 0 Å². The summed E-state index contributed by atoms with van der Waals surface area (Å²) >= 11 is 0. The summed E-state index contributed by atoms with van der Waals surface area (Å²) in [6.07, 6.45) is 2.33. The minimum Gasteiger partial charge on any atom is -0.444 e. The second kappa shape index (κ2) is 15.4. The summed E-state index contributed by atoms with van der Waals surface area (Å²) in [6, 6.07) is 13.7. The second-order valence-corrected chi connectivity index (χ2v) is 11.8. The number of carbonyl (C=O) groups is 3. The van der Waals surface area contributed by atoms with Crippen LogP contribution in [0.4, 0.5) is 31.0 Å². The third kappa shape index (κ3) is 10.5. The van der Waals surface area contributed by atoms with Crippen LogP contribution >= 0.6 is 0 Å². The molecule has 0 spiro atoms. The van der Waals surface area contributed by atoms with Crippen molar-refractivity contribution in [1.82, 2.24) is 15.2 Å². The maximum Gasteiger partial charge on any atom is 0.412 e. The van der Waals surface area contributed by atoms with E-state index in [4.69, 9.17) is 9.47 Å². The van der Waals surface area contributed by atoms with Crippen molar-refractivity contribution in [2.45, 2.75) is 52.2 Å². The van der Waals surface area contributed by atoms with Crippen LogP contribution in [0.25, 0.3) is 0 Å². The van der Waals surface area contributed by atoms with Crippen LogP contribution in [-0.4, -0.2) is 66.4 Å². The number of nitrogens with zero attached hydrogens (tertiary/aromatic N) is 2. The number of carbonyl (C=O) groups excluding carboxylic acids is 3. The number of morpholine rings is 1. The normalized spacial score (nSPS) is 14.2. The van der Waals surface area contributed by atoms with Gasteiger partial charge in [0.15, 0.2) is 0 Å². The lowest BCUT2D eigenvalue weighted by Gasteiger charge is -2.27. The third-order valence-corrected chi connectivity index (χ3v) is 7.04. The molecule has 2 heterocycles. The Bertz CT molecular complexity index is 1470. The monoisotopic (exact) mass is 620 g/mol. The van der Waals surface area contributed by atoms with Crippen molar-refractivity contribution in [3.8, 4) is 0 Å². The lowest BCUT2D eigenvalue weighted by molar-refractivity contribution is 0.0369. The van der Waals surface area contributed by atoms with Gasteiger partial charge in [-0.05, 0) is 88.5 Å². The highest BCUT2D eigenvalue weighted by Crippen LogP contribution is 2.24. The van der Waals surface area contributed by atoms with Crippen molar-refractivity contribution in [3.63, 3.8) is 0 Å². The first kappa shape index (κ1) is 33.3. The Labute approximate surface area is 262 Å². The van der Waals surface area contributed by atoms with Gasteiger partial charge in [-0.15, -0.1) is 0 Å². The van der Waals surface area contributed by atoms with Crippen LogP contribution in [0.1, 0.15) is 61.3 Å². The first-order chi connectivity index (χ1) is 21.5. The van der Waals surface area contributed by atoms with E-state index in [1.807, 2.05) is 0 Å². The number of halogens is 1. The van der Waals surface area contributed by atoms with Gasteiger partial charge < -0.3 is 25.4 Å². The van der Waals surface area contributed by atoms with E-state index in [0.29, 0.717) is 47.8 Å². The lowest BCUT2D eigenvalue weighted by atomic mass is 10.0. The zero-order chi connectivity index (χ0) is 32.4. The highest BCUT2D eigenvalue weighted by molar-refractivity contribution is 6.05. The fourth-order valence-electron chi connectivity index (χ4n) is 4.71. The molecular weight excluding hydrogens is 579 g/mol. The number of pyridine rings is 1. The molecule has 0 bridgehead atoms. The number of hydrogen-bond acceptors (Lipinski definition) is 7. The molecule has 1 aliphatic rings. The van der Waals surface area contributed by atoms with Crippen LogP contribution in [0.3, 0.4) is 0 Å². The Morgan fingerprint density at radius 2 is 1.71 bits per heavy atom. The zero-order valence-corrected chi connectivity index (χ0v) is 26.1. The predicted molar refractivity (Wildman–Crippen MR) is 171 cm³/mol. The molecule has 11 nitrogen and oxygen atoms in total. The number of anilines is 3. The maximum absolute atomic E-state index is 14.0. The minimum absolute atomic E-state index is 0.150. The number of urea groups is 1. The molecule has 1 fully saturated rings. The zero-order valence-electron chi connectivity index (χ0n) is 26.1. The standard InChI is InChI=1S/C33H41FN6O5/c1-22-11-13-24(20-25(22)34)36-31(42)38-26(10-7-15-40-16-18-44-19-17-40)23-12-14-29(35-21-23)30(41)37-27-8-5-6-9-28(27)39-32(43)45-33(2,3)4/h5-6,8-9,11-14,20-21,26H,7,10,15-19H2,1-4H3,(H,37,41)(H,39,43)(H2,36,38,42). The molecule has 12 heteroatoms. The number of nitrogens with one attached hydrogen (secondary N) is 4. The lowest BCUT2D eigenvalue weighted by Crippen LogP contribution is -2.37. The Morgan fingerprint density at radius 1 is 1.00 bits per heavy atom. The molecule has 0 aliphatic carbocycles. The van der Waals surface area contributed by atoms with E-state index in [2.05, 4.69) is 31.2 Å². The second-order valence-electron chi connectivity index (χ2n) is 11.8. The first-order valence-electron chi connectivity index (χ1n) is 15.0. The van der Waals surface area contributed by atoms with Gasteiger partial charge in [0.25, 0.3) is 5.91 Å². The molecule has 1 aromatic heterocycles. The van der Waals surface area contributed by atoms with Gasteiger partial charge in [-0.3, -0.25) is 20.0 Å². The summed E-state index contributed by atoms with van der Waals surface area (Å²) < 4.78 is 24.8. The smallest absolute Gasteiger partial charge is 0.412 e. The highest BCUT2D eigenvalue weighted by Gasteiger charge is 2.20. The van der Waals surface area contributed by atoms with Crippen LogP contribution in [0, 0.1) is 12.7 Å². The molecule has 3 aromatic rings. The third-order valence-electron chi connectivity index (χ3n) is 7.04. The number of para-hydroxylation sites is 2. The number of benzene rings is 2. The van der Waals surface area contributed by atoms with Crippen LogP contribution in [-0.2, 0) is 9.47 Å².